The second kappa shape index (κ2) is 8.94. The molecule has 3 heteroatoms. The number of thiophene rings is 1. The smallest absolute Gasteiger partial charge is 0.0450 e. The Hall–Kier alpha value is -2.81. The fourth-order valence-electron chi connectivity index (χ4n) is 6.75. The zero-order valence-electron chi connectivity index (χ0n) is 20.6. The Morgan fingerprint density at radius 3 is 2.64 bits per heavy atom. The first-order valence-corrected chi connectivity index (χ1v) is 14.4. The van der Waals surface area contributed by atoms with Gasteiger partial charge < -0.3 is 4.90 Å². The first-order chi connectivity index (χ1) is 17.7. The molecule has 0 amide bonds. The molecular weight excluding hydrogens is 478 g/mol. The van der Waals surface area contributed by atoms with Crippen LogP contribution in [0.4, 0.5) is 11.4 Å². The van der Waals surface area contributed by atoms with Crippen LogP contribution in [0.1, 0.15) is 59.6 Å². The van der Waals surface area contributed by atoms with E-state index >= 15 is 0 Å². The third kappa shape index (κ3) is 3.74. The predicted molar refractivity (Wildman–Crippen MR) is 157 cm³/mol. The Labute approximate surface area is 222 Å². The number of allylic oxidation sites excluding steroid dienone is 3. The van der Waals surface area contributed by atoms with Crippen molar-refractivity contribution in [3.05, 3.63) is 106 Å². The zero-order chi connectivity index (χ0) is 24.2. The minimum atomic E-state index is 0.142. The van der Waals surface area contributed by atoms with Crippen LogP contribution < -0.4 is 4.90 Å². The van der Waals surface area contributed by atoms with E-state index < -0.39 is 0 Å². The minimum absolute atomic E-state index is 0.142. The van der Waals surface area contributed by atoms with Crippen molar-refractivity contribution in [2.75, 3.05) is 4.90 Å². The molecule has 0 radical (unpaired) electrons. The van der Waals surface area contributed by atoms with E-state index in [4.69, 9.17) is 11.6 Å². The molecule has 3 aliphatic rings. The Balaban J connectivity index is 1.26. The van der Waals surface area contributed by atoms with Gasteiger partial charge in [0, 0.05) is 38.3 Å². The first-order valence-electron chi connectivity index (χ1n) is 13.2. The summed E-state index contributed by atoms with van der Waals surface area (Å²) < 4.78 is 1.36. The average Bonchev–Trinajstić information content (AvgIpc) is 3.57. The first kappa shape index (κ1) is 22.4. The topological polar surface area (TPSA) is 3.24 Å². The standard InChI is InChI=1S/C33H30ClNS/c1-21-27-10-5-6-13-32(27)36-33(21)24-17-23(18-25(34)20-24)16-22-14-15-31-29(19-22)28-11-7-12-30(28)35(31)26-8-3-2-4-9-26/h2-6,8-10,13-17,19,25,28,30H,7,11-12,18,20H2,1H3. The van der Waals surface area contributed by atoms with Crippen molar-refractivity contribution in [2.45, 2.75) is 56.4 Å². The van der Waals surface area contributed by atoms with Crippen molar-refractivity contribution in [3.63, 3.8) is 0 Å². The highest BCUT2D eigenvalue weighted by atomic mass is 35.5. The Morgan fingerprint density at radius 2 is 1.78 bits per heavy atom. The van der Waals surface area contributed by atoms with E-state index in [9.17, 15) is 0 Å². The van der Waals surface area contributed by atoms with Gasteiger partial charge in [0.2, 0.25) is 0 Å². The quantitative estimate of drug-likeness (QED) is 0.249. The van der Waals surface area contributed by atoms with E-state index in [-0.39, 0.29) is 5.38 Å². The molecule has 0 spiro atoms. The molecule has 1 fully saturated rings. The normalized spacial score (nSPS) is 24.3. The van der Waals surface area contributed by atoms with Gasteiger partial charge in [-0.2, -0.15) is 0 Å². The molecule has 36 heavy (non-hydrogen) atoms. The van der Waals surface area contributed by atoms with E-state index in [1.165, 1.54) is 73.4 Å². The van der Waals surface area contributed by atoms with Crippen LogP contribution in [0.2, 0.25) is 0 Å². The van der Waals surface area contributed by atoms with Crippen molar-refractivity contribution in [1.29, 1.82) is 0 Å². The maximum atomic E-state index is 6.84. The van der Waals surface area contributed by atoms with Gasteiger partial charge in [0.1, 0.15) is 0 Å². The second-order valence-corrected chi connectivity index (χ2v) is 12.2. The van der Waals surface area contributed by atoms with Crippen molar-refractivity contribution in [1.82, 2.24) is 0 Å². The molecule has 7 rings (SSSR count). The van der Waals surface area contributed by atoms with E-state index in [0.717, 1.165) is 12.8 Å². The Morgan fingerprint density at radius 1 is 0.944 bits per heavy atom. The number of anilines is 2. The van der Waals surface area contributed by atoms with Crippen molar-refractivity contribution in [3.8, 4) is 0 Å². The van der Waals surface area contributed by atoms with Gasteiger partial charge in [-0.05, 0) is 96.2 Å². The lowest BCUT2D eigenvalue weighted by Crippen LogP contribution is -2.26. The highest BCUT2D eigenvalue weighted by Crippen LogP contribution is 2.52. The van der Waals surface area contributed by atoms with Gasteiger partial charge >= 0.3 is 0 Å². The van der Waals surface area contributed by atoms with Crippen LogP contribution in [0.15, 0.2) is 84.4 Å². The lowest BCUT2D eigenvalue weighted by molar-refractivity contribution is 0.642. The number of para-hydroxylation sites is 1. The van der Waals surface area contributed by atoms with Crippen LogP contribution in [-0.4, -0.2) is 11.4 Å². The fraction of sp³-hybridized carbons (Fsp3) is 0.273. The van der Waals surface area contributed by atoms with Gasteiger partial charge in [-0.15, -0.1) is 22.9 Å². The third-order valence-electron chi connectivity index (χ3n) is 8.30. The number of hydrogen-bond donors (Lipinski definition) is 0. The summed E-state index contributed by atoms with van der Waals surface area (Å²) in [4.78, 5) is 4.00. The molecule has 180 valence electrons. The molecule has 0 bridgehead atoms. The van der Waals surface area contributed by atoms with Gasteiger partial charge in [-0.1, -0.05) is 61.0 Å². The van der Waals surface area contributed by atoms with Crippen LogP contribution in [-0.2, 0) is 0 Å². The molecule has 2 aliphatic carbocycles. The lowest BCUT2D eigenvalue weighted by atomic mass is 9.90. The van der Waals surface area contributed by atoms with Gasteiger partial charge in [0.05, 0.1) is 0 Å². The average molecular weight is 508 g/mol. The van der Waals surface area contributed by atoms with E-state index in [2.05, 4.69) is 96.8 Å². The molecule has 1 aromatic heterocycles. The van der Waals surface area contributed by atoms with Crippen LogP contribution in [0.25, 0.3) is 21.7 Å². The number of aryl methyl sites for hydroxylation is 1. The van der Waals surface area contributed by atoms with E-state index in [0.29, 0.717) is 12.0 Å². The number of benzene rings is 3. The minimum Gasteiger partial charge on any atom is -0.338 e. The molecule has 1 nitrogen and oxygen atoms in total. The number of fused-ring (bicyclic) bond motifs is 4. The predicted octanol–water partition coefficient (Wildman–Crippen LogP) is 9.87. The maximum absolute atomic E-state index is 6.84. The number of halogens is 1. The number of nitrogens with zero attached hydrogens (tertiary/aromatic N) is 1. The maximum Gasteiger partial charge on any atom is 0.0450 e. The molecule has 2 heterocycles. The molecule has 3 aromatic carbocycles. The zero-order valence-corrected chi connectivity index (χ0v) is 22.2. The highest BCUT2D eigenvalue weighted by molar-refractivity contribution is 7.20. The molecule has 3 atom stereocenters. The molecular formula is C33H30ClNS. The van der Waals surface area contributed by atoms with Gasteiger partial charge in [0.15, 0.2) is 0 Å². The molecule has 1 saturated carbocycles. The summed E-state index contributed by atoms with van der Waals surface area (Å²) in [5, 5.41) is 1.51. The summed E-state index contributed by atoms with van der Waals surface area (Å²) >= 11 is 8.75. The Kier molecular flexibility index (Phi) is 5.56. The van der Waals surface area contributed by atoms with Gasteiger partial charge in [0.25, 0.3) is 0 Å². The largest absolute Gasteiger partial charge is 0.338 e. The molecule has 0 N–H and O–H groups in total. The van der Waals surface area contributed by atoms with Crippen LogP contribution in [0.3, 0.4) is 0 Å². The van der Waals surface area contributed by atoms with Crippen LogP contribution in [0, 0.1) is 6.92 Å². The van der Waals surface area contributed by atoms with Crippen molar-refractivity contribution >= 4 is 56.0 Å². The molecule has 4 aromatic rings. The summed E-state index contributed by atoms with van der Waals surface area (Å²) in [5.41, 5.74) is 9.67. The monoisotopic (exact) mass is 507 g/mol. The fourth-order valence-corrected chi connectivity index (χ4v) is 8.33. The number of hydrogen-bond acceptors (Lipinski definition) is 2. The van der Waals surface area contributed by atoms with Gasteiger partial charge in [-0.25, -0.2) is 0 Å². The van der Waals surface area contributed by atoms with Crippen molar-refractivity contribution in [2.24, 2.45) is 0 Å². The second-order valence-electron chi connectivity index (χ2n) is 10.6. The van der Waals surface area contributed by atoms with Crippen LogP contribution >= 0.6 is 22.9 Å². The van der Waals surface area contributed by atoms with Crippen molar-refractivity contribution < 1.29 is 0 Å². The summed E-state index contributed by atoms with van der Waals surface area (Å²) in [6.07, 6.45) is 10.5. The summed E-state index contributed by atoms with van der Waals surface area (Å²) in [6.45, 7) is 2.26. The summed E-state index contributed by atoms with van der Waals surface area (Å²) in [7, 11) is 0. The summed E-state index contributed by atoms with van der Waals surface area (Å²) in [5.74, 6) is 0.637. The SMILES string of the molecule is Cc1c(C2=CC(=Cc3ccc4c(c3)C3CCCC3N4c3ccccc3)CC(Cl)C2)sc2ccccc12. The molecule has 0 saturated heterocycles. The van der Waals surface area contributed by atoms with E-state index in [1.54, 1.807) is 0 Å². The van der Waals surface area contributed by atoms with Gasteiger partial charge in [-0.3, -0.25) is 0 Å². The molecule has 3 unspecified atom stereocenters. The highest BCUT2D eigenvalue weighted by Gasteiger charge is 2.42. The summed E-state index contributed by atoms with van der Waals surface area (Å²) in [6, 6.07) is 27.4. The Bertz CT molecular complexity index is 1510. The molecule has 1 aliphatic heterocycles. The number of alkyl halides is 1. The lowest BCUT2D eigenvalue weighted by Gasteiger charge is -2.27. The van der Waals surface area contributed by atoms with Crippen LogP contribution in [0.5, 0.6) is 0 Å². The third-order valence-corrected chi connectivity index (χ3v) is 9.96. The number of rotatable bonds is 3. The van der Waals surface area contributed by atoms with E-state index in [1.807, 2.05) is 11.3 Å².